The largest absolute Gasteiger partial charge is 0.367 e. The first-order chi connectivity index (χ1) is 11.8. The molecule has 4 heteroatoms. The van der Waals surface area contributed by atoms with Gasteiger partial charge in [0.25, 0.3) is 0 Å². The van der Waals surface area contributed by atoms with Gasteiger partial charge in [-0.05, 0) is 11.6 Å². The predicted molar refractivity (Wildman–Crippen MR) is 97.1 cm³/mol. The summed E-state index contributed by atoms with van der Waals surface area (Å²) in [4.78, 5) is 7.47. The molecule has 3 nitrogen and oxygen atoms in total. The van der Waals surface area contributed by atoms with Crippen molar-refractivity contribution in [3.8, 4) is 11.1 Å². The molecule has 1 atom stereocenters. The van der Waals surface area contributed by atoms with Crippen LogP contribution in [0.2, 0.25) is 5.02 Å². The molecule has 0 saturated carbocycles. The van der Waals surface area contributed by atoms with Crippen molar-refractivity contribution in [2.24, 2.45) is 0 Å². The van der Waals surface area contributed by atoms with E-state index in [9.17, 15) is 0 Å². The molecule has 0 bridgehead atoms. The highest BCUT2D eigenvalue weighted by Crippen LogP contribution is 2.37. The van der Waals surface area contributed by atoms with Crippen LogP contribution < -0.4 is 0 Å². The lowest BCUT2D eigenvalue weighted by atomic mass is 9.94. The summed E-state index contributed by atoms with van der Waals surface area (Å²) in [5.74, 6) is 0. The number of aromatic nitrogens is 3. The first-order valence-electron chi connectivity index (χ1n) is 7.78. The summed E-state index contributed by atoms with van der Waals surface area (Å²) in [6.45, 7) is 0. The lowest BCUT2D eigenvalue weighted by Crippen LogP contribution is -2.10. The van der Waals surface area contributed by atoms with Gasteiger partial charge >= 0.3 is 0 Å². The SMILES string of the molecule is Clc1ccccc1-c1c[nH]cc1C(c1ccccc1)n1ccnc1. The molecule has 0 aliphatic carbocycles. The molecule has 2 heterocycles. The number of imidazole rings is 1. The van der Waals surface area contributed by atoms with Crippen LogP contribution in [0.1, 0.15) is 17.2 Å². The monoisotopic (exact) mass is 333 g/mol. The third kappa shape index (κ3) is 2.63. The highest BCUT2D eigenvalue weighted by molar-refractivity contribution is 6.33. The minimum Gasteiger partial charge on any atom is -0.367 e. The number of hydrogen-bond donors (Lipinski definition) is 1. The first-order valence-corrected chi connectivity index (χ1v) is 8.16. The number of hydrogen-bond acceptors (Lipinski definition) is 1. The lowest BCUT2D eigenvalue weighted by molar-refractivity contribution is 0.679. The van der Waals surface area contributed by atoms with E-state index in [-0.39, 0.29) is 6.04 Å². The minimum absolute atomic E-state index is 0.0335. The summed E-state index contributed by atoms with van der Waals surface area (Å²) in [5.41, 5.74) is 4.48. The minimum atomic E-state index is 0.0335. The van der Waals surface area contributed by atoms with Crippen molar-refractivity contribution in [1.82, 2.24) is 14.5 Å². The van der Waals surface area contributed by atoms with Crippen molar-refractivity contribution >= 4 is 11.6 Å². The average molecular weight is 334 g/mol. The summed E-state index contributed by atoms with van der Waals surface area (Å²) in [7, 11) is 0. The van der Waals surface area contributed by atoms with Gasteiger partial charge in [-0.1, -0.05) is 60.1 Å². The molecule has 2 aromatic heterocycles. The maximum absolute atomic E-state index is 6.43. The van der Waals surface area contributed by atoms with Crippen LogP contribution in [0.5, 0.6) is 0 Å². The molecule has 0 aliphatic heterocycles. The van der Waals surface area contributed by atoms with Gasteiger partial charge in [-0.25, -0.2) is 4.98 Å². The van der Waals surface area contributed by atoms with Gasteiger partial charge in [0.15, 0.2) is 0 Å². The Bertz CT molecular complexity index is 926. The van der Waals surface area contributed by atoms with Crippen LogP contribution >= 0.6 is 11.6 Å². The van der Waals surface area contributed by atoms with Crippen LogP contribution in [-0.4, -0.2) is 14.5 Å². The van der Waals surface area contributed by atoms with Crippen molar-refractivity contribution < 1.29 is 0 Å². The van der Waals surface area contributed by atoms with Crippen LogP contribution in [0.15, 0.2) is 85.7 Å². The Balaban J connectivity index is 1.90. The van der Waals surface area contributed by atoms with E-state index in [2.05, 4.69) is 38.8 Å². The molecule has 4 aromatic rings. The van der Waals surface area contributed by atoms with Crippen LogP contribution in [0, 0.1) is 0 Å². The van der Waals surface area contributed by atoms with Gasteiger partial charge < -0.3 is 9.55 Å². The van der Waals surface area contributed by atoms with E-state index in [1.54, 1.807) is 6.20 Å². The molecule has 0 spiro atoms. The van der Waals surface area contributed by atoms with Crippen LogP contribution in [0.3, 0.4) is 0 Å². The van der Waals surface area contributed by atoms with E-state index in [1.165, 1.54) is 5.56 Å². The zero-order chi connectivity index (χ0) is 16.4. The number of halogens is 1. The molecule has 0 fully saturated rings. The van der Waals surface area contributed by atoms with Crippen LogP contribution in [-0.2, 0) is 0 Å². The zero-order valence-electron chi connectivity index (χ0n) is 12.9. The summed E-state index contributed by atoms with van der Waals surface area (Å²) < 4.78 is 2.11. The molecular weight excluding hydrogens is 318 g/mol. The Morgan fingerprint density at radius 1 is 0.917 bits per heavy atom. The van der Waals surface area contributed by atoms with Crippen molar-refractivity contribution in [2.75, 3.05) is 0 Å². The quantitative estimate of drug-likeness (QED) is 0.549. The standard InChI is InChI=1S/C20H16ClN3/c21-19-9-5-4-8-16(19)17-12-23-13-18(17)20(24-11-10-22-14-24)15-6-2-1-3-7-15/h1-14,20,23H. The Morgan fingerprint density at radius 3 is 2.46 bits per heavy atom. The van der Waals surface area contributed by atoms with Gasteiger partial charge in [-0.15, -0.1) is 0 Å². The van der Waals surface area contributed by atoms with E-state index in [4.69, 9.17) is 11.6 Å². The fourth-order valence-corrected chi connectivity index (χ4v) is 3.32. The Hall–Kier alpha value is -2.78. The molecule has 0 radical (unpaired) electrons. The van der Waals surface area contributed by atoms with E-state index in [1.807, 2.05) is 55.2 Å². The Labute approximate surface area is 145 Å². The third-order valence-corrected chi connectivity index (χ3v) is 4.50. The highest BCUT2D eigenvalue weighted by Gasteiger charge is 2.21. The molecule has 0 amide bonds. The molecule has 2 aromatic carbocycles. The van der Waals surface area contributed by atoms with Gasteiger partial charge in [0.05, 0.1) is 12.4 Å². The molecule has 1 unspecified atom stereocenters. The molecular formula is C20H16ClN3. The van der Waals surface area contributed by atoms with Gasteiger partial charge in [0.1, 0.15) is 0 Å². The van der Waals surface area contributed by atoms with Gasteiger partial charge in [-0.3, -0.25) is 0 Å². The zero-order valence-corrected chi connectivity index (χ0v) is 13.7. The molecule has 24 heavy (non-hydrogen) atoms. The van der Waals surface area contributed by atoms with E-state index < -0.39 is 0 Å². The summed E-state index contributed by atoms with van der Waals surface area (Å²) in [6.07, 6.45) is 9.68. The number of H-pyrrole nitrogens is 1. The van der Waals surface area contributed by atoms with E-state index in [0.717, 1.165) is 21.7 Å². The fraction of sp³-hybridized carbons (Fsp3) is 0.0500. The van der Waals surface area contributed by atoms with Crippen LogP contribution in [0.25, 0.3) is 11.1 Å². The first kappa shape index (κ1) is 14.8. The number of nitrogens with zero attached hydrogens (tertiary/aromatic N) is 2. The molecule has 4 rings (SSSR count). The molecule has 118 valence electrons. The second kappa shape index (κ2) is 6.38. The fourth-order valence-electron chi connectivity index (χ4n) is 3.08. The number of rotatable bonds is 4. The molecule has 0 aliphatic rings. The number of aromatic amines is 1. The smallest absolute Gasteiger partial charge is 0.0954 e. The maximum Gasteiger partial charge on any atom is 0.0954 e. The van der Waals surface area contributed by atoms with Crippen molar-refractivity contribution in [3.05, 3.63) is 102 Å². The van der Waals surface area contributed by atoms with Crippen LogP contribution in [0.4, 0.5) is 0 Å². The summed E-state index contributed by atoms with van der Waals surface area (Å²) in [6, 6.07) is 18.4. The average Bonchev–Trinajstić information content (AvgIpc) is 3.29. The molecule has 1 N–H and O–H groups in total. The van der Waals surface area contributed by atoms with Crippen molar-refractivity contribution in [3.63, 3.8) is 0 Å². The second-order valence-corrected chi connectivity index (χ2v) is 6.03. The topological polar surface area (TPSA) is 33.6 Å². The number of nitrogens with one attached hydrogen (secondary N) is 1. The lowest BCUT2D eigenvalue weighted by Gasteiger charge is -2.20. The van der Waals surface area contributed by atoms with E-state index in [0.29, 0.717) is 0 Å². The second-order valence-electron chi connectivity index (χ2n) is 5.63. The Kier molecular flexibility index (Phi) is 3.93. The Morgan fingerprint density at radius 2 is 1.71 bits per heavy atom. The van der Waals surface area contributed by atoms with Gasteiger partial charge in [0, 0.05) is 46.5 Å². The van der Waals surface area contributed by atoms with Crippen molar-refractivity contribution in [1.29, 1.82) is 0 Å². The maximum atomic E-state index is 6.43. The predicted octanol–water partition coefficient (Wildman–Crippen LogP) is 5.17. The van der Waals surface area contributed by atoms with E-state index >= 15 is 0 Å². The van der Waals surface area contributed by atoms with Gasteiger partial charge in [0.2, 0.25) is 0 Å². The summed E-state index contributed by atoms with van der Waals surface area (Å²) >= 11 is 6.43. The number of benzene rings is 2. The third-order valence-electron chi connectivity index (χ3n) is 4.17. The summed E-state index contributed by atoms with van der Waals surface area (Å²) in [5, 5.41) is 0.746. The van der Waals surface area contributed by atoms with Crippen molar-refractivity contribution in [2.45, 2.75) is 6.04 Å². The highest BCUT2D eigenvalue weighted by atomic mass is 35.5. The molecule has 0 saturated heterocycles. The normalized spacial score (nSPS) is 12.2. The van der Waals surface area contributed by atoms with Gasteiger partial charge in [-0.2, -0.15) is 0 Å².